The second-order valence-corrected chi connectivity index (χ2v) is 16.1. The average Bonchev–Trinajstić information content (AvgIpc) is 3.18. The SMILES string of the molecule is C=C(/C=C\C=C/C)NCC(CC)CCCC.C=C(/C=C\C=C/N)NCCC.C=P(CN(CC)CC)(c1ccccc1)c1ccccc1.CCCCC. The van der Waals surface area contributed by atoms with Gasteiger partial charge in [0.1, 0.15) is 0 Å². The van der Waals surface area contributed by atoms with Crippen molar-refractivity contribution < 1.29 is 0 Å². The van der Waals surface area contributed by atoms with Crippen LogP contribution in [0.4, 0.5) is 0 Å². The minimum atomic E-state index is -1.59. The standard InChI is InChI=1S/C18H24NP.C15H27N.C9H16N2.C5H12/c1-4-19(5-2)16-20(3,17-12-8-6-9-13-17)18-14-10-7-11-15-18;1-5-8-10-11-14(4)16-13-15(7-3)12-9-6-2;1-3-8-11-9(2)6-4-5-7-10;1-3-5-4-2/h6-15H,3-5,16H2,1-2H3;5,8,10-11,15-16H,4,6-7,9,12-13H2,1-3H3;4-7,11H,2-3,8,10H2,1H3;3-5H2,1-2H3/b;8-5-,11-10-;6-4-,7-5-;. The molecule has 4 nitrogen and oxygen atoms in total. The summed E-state index contributed by atoms with van der Waals surface area (Å²) in [4.78, 5) is 2.49. The molecule has 292 valence electrons. The van der Waals surface area contributed by atoms with Crippen molar-refractivity contribution in [2.45, 2.75) is 107 Å². The van der Waals surface area contributed by atoms with Gasteiger partial charge in [-0.05, 0) is 80.7 Å². The highest BCUT2D eigenvalue weighted by Gasteiger charge is 2.21. The molecule has 2 rings (SSSR count). The zero-order chi connectivity index (χ0) is 39.3. The summed E-state index contributed by atoms with van der Waals surface area (Å²) in [7, 11) is 0. The van der Waals surface area contributed by atoms with E-state index < -0.39 is 6.89 Å². The van der Waals surface area contributed by atoms with Gasteiger partial charge >= 0.3 is 0 Å². The molecule has 1 atom stereocenters. The number of benzene rings is 2. The molecule has 1 unspecified atom stereocenters. The lowest BCUT2D eigenvalue weighted by Gasteiger charge is -2.31. The molecular formula is C47H79N4P. The van der Waals surface area contributed by atoms with Crippen molar-refractivity contribution in [1.29, 1.82) is 0 Å². The number of rotatable bonds is 22. The molecule has 0 bridgehead atoms. The van der Waals surface area contributed by atoms with Crippen molar-refractivity contribution >= 4 is 23.8 Å². The predicted octanol–water partition coefficient (Wildman–Crippen LogP) is 11.5. The first-order valence-electron chi connectivity index (χ1n) is 19.9. The Balaban J connectivity index is 0. The Morgan fingerprint density at radius 3 is 1.62 bits per heavy atom. The minimum absolute atomic E-state index is 0.784. The fraction of sp³-hybridized carbons (Fsp3) is 0.468. The van der Waals surface area contributed by atoms with E-state index in [1.807, 2.05) is 43.4 Å². The van der Waals surface area contributed by atoms with Gasteiger partial charge in [0.05, 0.1) is 0 Å². The van der Waals surface area contributed by atoms with Crippen LogP contribution in [-0.2, 0) is 0 Å². The van der Waals surface area contributed by atoms with Gasteiger partial charge in [0, 0.05) is 30.8 Å². The van der Waals surface area contributed by atoms with Gasteiger partial charge in [-0.2, -0.15) is 0 Å². The van der Waals surface area contributed by atoms with E-state index in [4.69, 9.17) is 12.0 Å². The van der Waals surface area contributed by atoms with E-state index in [9.17, 15) is 0 Å². The Hall–Kier alpha value is -3.46. The van der Waals surface area contributed by atoms with Gasteiger partial charge in [-0.3, -0.25) is 4.90 Å². The Bertz CT molecular complexity index is 1230. The molecule has 0 heterocycles. The molecule has 0 saturated heterocycles. The number of allylic oxidation sites excluding steroid dienone is 7. The lowest BCUT2D eigenvalue weighted by atomic mass is 9.99. The van der Waals surface area contributed by atoms with Crippen molar-refractivity contribution in [3.05, 3.63) is 134 Å². The molecule has 0 radical (unpaired) electrons. The van der Waals surface area contributed by atoms with Gasteiger partial charge in [-0.1, -0.05) is 191 Å². The third kappa shape index (κ3) is 26.3. The molecule has 52 heavy (non-hydrogen) atoms. The summed E-state index contributed by atoms with van der Waals surface area (Å²) < 4.78 is 0. The summed E-state index contributed by atoms with van der Waals surface area (Å²) in [5.74, 6) is 0.784. The summed E-state index contributed by atoms with van der Waals surface area (Å²) in [6.07, 6.45) is 31.2. The summed E-state index contributed by atoms with van der Waals surface area (Å²) >= 11 is 0. The van der Waals surface area contributed by atoms with Crippen LogP contribution in [0.2, 0.25) is 0 Å². The van der Waals surface area contributed by atoms with E-state index in [1.165, 1.54) is 61.8 Å². The molecule has 0 fully saturated rings. The first-order valence-corrected chi connectivity index (χ1v) is 22.1. The summed E-state index contributed by atoms with van der Waals surface area (Å²) in [5.41, 5.74) is 7.06. The third-order valence-electron chi connectivity index (χ3n) is 8.43. The van der Waals surface area contributed by atoms with Gasteiger partial charge in [0.2, 0.25) is 0 Å². The summed E-state index contributed by atoms with van der Waals surface area (Å²) in [5, 5.41) is 9.30. The van der Waals surface area contributed by atoms with Crippen LogP contribution in [0.15, 0.2) is 134 Å². The fourth-order valence-electron chi connectivity index (χ4n) is 5.00. The molecule has 2 aromatic carbocycles. The van der Waals surface area contributed by atoms with Crippen LogP contribution in [0, 0.1) is 5.92 Å². The summed E-state index contributed by atoms with van der Waals surface area (Å²) in [6, 6.07) is 21.6. The van der Waals surface area contributed by atoms with Gasteiger partial charge in [-0.25, -0.2) is 0 Å². The van der Waals surface area contributed by atoms with Crippen LogP contribution in [0.25, 0.3) is 0 Å². The van der Waals surface area contributed by atoms with Crippen LogP contribution in [0.5, 0.6) is 0 Å². The highest BCUT2D eigenvalue weighted by Crippen LogP contribution is 2.43. The smallest absolute Gasteiger partial charge is 0.0267 e. The van der Waals surface area contributed by atoms with E-state index in [0.717, 1.165) is 56.2 Å². The highest BCUT2D eigenvalue weighted by atomic mass is 31.2. The monoisotopic (exact) mass is 731 g/mol. The van der Waals surface area contributed by atoms with Crippen LogP contribution in [0.1, 0.15) is 107 Å². The lowest BCUT2D eigenvalue weighted by molar-refractivity contribution is 0.356. The molecule has 0 saturated carbocycles. The Kier molecular flexibility index (Phi) is 35.0. The van der Waals surface area contributed by atoms with Crippen molar-refractivity contribution in [3.8, 4) is 0 Å². The van der Waals surface area contributed by atoms with E-state index in [-0.39, 0.29) is 0 Å². The van der Waals surface area contributed by atoms with Gasteiger partial charge in [0.15, 0.2) is 0 Å². The molecule has 2 aromatic rings. The number of unbranched alkanes of at least 4 members (excludes halogenated alkanes) is 3. The van der Waals surface area contributed by atoms with Crippen molar-refractivity contribution in [2.75, 3.05) is 32.5 Å². The topological polar surface area (TPSA) is 53.3 Å². The molecule has 0 aliphatic rings. The van der Waals surface area contributed by atoms with Gasteiger partial charge in [0.25, 0.3) is 0 Å². The molecule has 0 spiro atoms. The molecule has 5 heteroatoms. The van der Waals surface area contributed by atoms with Crippen LogP contribution < -0.4 is 27.0 Å². The first-order chi connectivity index (χ1) is 25.2. The normalized spacial score (nSPS) is 11.8. The fourth-order valence-corrected chi connectivity index (χ4v) is 8.19. The average molecular weight is 731 g/mol. The molecule has 0 amide bonds. The predicted molar refractivity (Wildman–Crippen MR) is 243 cm³/mol. The zero-order valence-electron chi connectivity index (χ0n) is 34.8. The van der Waals surface area contributed by atoms with Crippen LogP contribution in [0.3, 0.4) is 0 Å². The maximum atomic E-state index is 5.13. The summed E-state index contributed by atoms with van der Waals surface area (Å²) in [6.45, 7) is 27.9. The number of hydrogen-bond donors (Lipinski definition) is 3. The van der Waals surface area contributed by atoms with E-state index in [0.29, 0.717) is 0 Å². The van der Waals surface area contributed by atoms with E-state index >= 15 is 0 Å². The van der Waals surface area contributed by atoms with Crippen molar-refractivity contribution in [1.82, 2.24) is 15.5 Å². The van der Waals surface area contributed by atoms with Gasteiger partial charge in [-0.15, -0.1) is 0 Å². The number of hydrogen-bond acceptors (Lipinski definition) is 4. The van der Waals surface area contributed by atoms with Crippen LogP contribution in [-0.4, -0.2) is 43.7 Å². The Morgan fingerprint density at radius 2 is 1.21 bits per heavy atom. The number of nitrogens with one attached hydrogen (secondary N) is 2. The molecule has 4 N–H and O–H groups in total. The Labute approximate surface area is 323 Å². The Morgan fingerprint density at radius 1 is 0.712 bits per heavy atom. The largest absolute Gasteiger partial charge is 0.405 e. The quantitative estimate of drug-likeness (QED) is 0.0834. The minimum Gasteiger partial charge on any atom is -0.405 e. The first kappa shape index (κ1) is 50.6. The van der Waals surface area contributed by atoms with Crippen LogP contribution >= 0.6 is 6.89 Å². The highest BCUT2D eigenvalue weighted by molar-refractivity contribution is 7.87. The second-order valence-electron chi connectivity index (χ2n) is 12.8. The maximum Gasteiger partial charge on any atom is 0.0267 e. The van der Waals surface area contributed by atoms with Gasteiger partial charge < -0.3 is 16.4 Å². The zero-order valence-corrected chi connectivity index (χ0v) is 35.6. The molecular weight excluding hydrogens is 652 g/mol. The van der Waals surface area contributed by atoms with E-state index in [1.54, 1.807) is 6.08 Å². The number of nitrogens with two attached hydrogens (primary N) is 1. The van der Waals surface area contributed by atoms with Crippen molar-refractivity contribution in [3.63, 3.8) is 0 Å². The van der Waals surface area contributed by atoms with Crippen molar-refractivity contribution in [2.24, 2.45) is 11.7 Å². The molecule has 0 aliphatic heterocycles. The molecule has 0 aromatic heterocycles. The van der Waals surface area contributed by atoms with E-state index in [2.05, 4.69) is 138 Å². The lowest BCUT2D eigenvalue weighted by Crippen LogP contribution is -2.31. The number of nitrogens with zero attached hydrogens (tertiary/aromatic N) is 1. The maximum absolute atomic E-state index is 5.13. The third-order valence-corrected chi connectivity index (χ3v) is 11.9. The molecule has 0 aliphatic carbocycles. The second kappa shape index (κ2) is 35.9.